The molecule has 0 radical (unpaired) electrons. The number of aromatic amines is 1. The van der Waals surface area contributed by atoms with Gasteiger partial charge in [0, 0.05) is 24.9 Å². The summed E-state index contributed by atoms with van der Waals surface area (Å²) < 4.78 is 5.22. The predicted octanol–water partition coefficient (Wildman–Crippen LogP) is 0.644. The molecule has 1 aliphatic carbocycles. The summed E-state index contributed by atoms with van der Waals surface area (Å²) in [5, 5.41) is 13.2. The Balaban J connectivity index is 1.59. The zero-order valence-corrected chi connectivity index (χ0v) is 10.5. The summed E-state index contributed by atoms with van der Waals surface area (Å²) in [5.74, 6) is 1.44. The van der Waals surface area contributed by atoms with Gasteiger partial charge in [0.2, 0.25) is 0 Å². The van der Waals surface area contributed by atoms with Crippen LogP contribution in [-0.4, -0.2) is 32.8 Å². The van der Waals surface area contributed by atoms with Gasteiger partial charge >= 0.3 is 0 Å². The molecule has 0 bridgehead atoms. The van der Waals surface area contributed by atoms with Crippen LogP contribution in [0.15, 0.2) is 10.9 Å². The summed E-state index contributed by atoms with van der Waals surface area (Å²) in [6, 6.07) is 0. The molecule has 1 amide bonds. The molecular weight excluding hydrogens is 246 g/mol. The van der Waals surface area contributed by atoms with E-state index in [-0.39, 0.29) is 5.91 Å². The lowest BCUT2D eigenvalue weighted by atomic mass is 9.96. The largest absolute Gasteiger partial charge is 0.360 e. The maximum Gasteiger partial charge on any atom is 0.273 e. The van der Waals surface area contributed by atoms with Crippen molar-refractivity contribution in [1.29, 1.82) is 0 Å². The van der Waals surface area contributed by atoms with Crippen LogP contribution < -0.4 is 5.32 Å². The second-order valence-corrected chi connectivity index (χ2v) is 4.58. The first-order valence-corrected chi connectivity index (χ1v) is 6.44. The van der Waals surface area contributed by atoms with Crippen molar-refractivity contribution in [2.75, 3.05) is 6.54 Å². The number of hydrogen-bond donors (Lipinski definition) is 2. The van der Waals surface area contributed by atoms with Crippen molar-refractivity contribution in [2.24, 2.45) is 0 Å². The SMILES string of the molecule is O=C(NCCc1ncn[nH]1)c1noc2c1CCCC2. The molecule has 0 aliphatic heterocycles. The highest BCUT2D eigenvalue weighted by atomic mass is 16.5. The van der Waals surface area contributed by atoms with E-state index < -0.39 is 0 Å². The number of hydrogen-bond acceptors (Lipinski definition) is 5. The monoisotopic (exact) mass is 261 g/mol. The molecule has 0 atom stereocenters. The number of nitrogens with zero attached hydrogens (tertiary/aromatic N) is 3. The molecule has 0 saturated carbocycles. The van der Waals surface area contributed by atoms with Gasteiger partial charge in [-0.15, -0.1) is 0 Å². The van der Waals surface area contributed by atoms with Crippen molar-refractivity contribution in [1.82, 2.24) is 25.7 Å². The van der Waals surface area contributed by atoms with Crippen molar-refractivity contribution in [2.45, 2.75) is 32.1 Å². The van der Waals surface area contributed by atoms with Gasteiger partial charge in [-0.3, -0.25) is 9.89 Å². The highest BCUT2D eigenvalue weighted by Crippen LogP contribution is 2.23. The number of carbonyl (C=O) groups excluding carboxylic acids is 1. The van der Waals surface area contributed by atoms with E-state index >= 15 is 0 Å². The van der Waals surface area contributed by atoms with Gasteiger partial charge in [0.05, 0.1) is 0 Å². The van der Waals surface area contributed by atoms with Gasteiger partial charge < -0.3 is 9.84 Å². The Bertz CT molecular complexity index is 561. The summed E-state index contributed by atoms with van der Waals surface area (Å²) in [5.41, 5.74) is 1.41. The average molecular weight is 261 g/mol. The fourth-order valence-corrected chi connectivity index (χ4v) is 2.29. The van der Waals surface area contributed by atoms with Crippen molar-refractivity contribution in [3.05, 3.63) is 29.2 Å². The number of carbonyl (C=O) groups is 1. The van der Waals surface area contributed by atoms with E-state index in [9.17, 15) is 4.79 Å². The molecule has 2 aromatic rings. The summed E-state index contributed by atoms with van der Waals surface area (Å²) in [6.45, 7) is 0.496. The van der Waals surface area contributed by atoms with Crippen molar-refractivity contribution in [3.63, 3.8) is 0 Å². The average Bonchev–Trinajstić information content (AvgIpc) is 3.07. The number of rotatable bonds is 4. The minimum atomic E-state index is -0.175. The van der Waals surface area contributed by atoms with Crippen LogP contribution in [-0.2, 0) is 19.3 Å². The Hall–Kier alpha value is -2.18. The van der Waals surface area contributed by atoms with Crippen molar-refractivity contribution < 1.29 is 9.32 Å². The number of amides is 1. The molecule has 2 aromatic heterocycles. The van der Waals surface area contributed by atoms with E-state index in [1.54, 1.807) is 0 Å². The molecule has 1 aliphatic rings. The van der Waals surface area contributed by atoms with Crippen LogP contribution in [0.2, 0.25) is 0 Å². The molecule has 0 fully saturated rings. The molecule has 100 valence electrons. The number of nitrogens with one attached hydrogen (secondary N) is 2. The van der Waals surface area contributed by atoms with Crippen LogP contribution in [0.3, 0.4) is 0 Å². The molecule has 19 heavy (non-hydrogen) atoms. The minimum absolute atomic E-state index is 0.175. The Morgan fingerprint density at radius 2 is 2.32 bits per heavy atom. The summed E-state index contributed by atoms with van der Waals surface area (Å²) in [7, 11) is 0. The topological polar surface area (TPSA) is 96.7 Å². The Kier molecular flexibility index (Phi) is 3.26. The Morgan fingerprint density at radius 3 is 3.16 bits per heavy atom. The maximum atomic E-state index is 12.0. The van der Waals surface area contributed by atoms with Gasteiger partial charge in [0.15, 0.2) is 5.69 Å². The van der Waals surface area contributed by atoms with Crippen molar-refractivity contribution in [3.8, 4) is 0 Å². The third-order valence-electron chi connectivity index (χ3n) is 3.28. The summed E-state index contributed by atoms with van der Waals surface area (Å²) in [4.78, 5) is 16.0. The van der Waals surface area contributed by atoms with E-state index in [0.717, 1.165) is 42.8 Å². The van der Waals surface area contributed by atoms with Gasteiger partial charge in [-0.05, 0) is 19.3 Å². The lowest BCUT2D eigenvalue weighted by molar-refractivity contribution is 0.0944. The quantitative estimate of drug-likeness (QED) is 0.842. The first kappa shape index (κ1) is 11.9. The van der Waals surface area contributed by atoms with Gasteiger partial charge in [-0.2, -0.15) is 5.10 Å². The van der Waals surface area contributed by atoms with Crippen LogP contribution in [0, 0.1) is 0 Å². The third kappa shape index (κ3) is 2.49. The molecule has 0 unspecified atom stereocenters. The van der Waals surface area contributed by atoms with Crippen LogP contribution >= 0.6 is 0 Å². The first-order chi connectivity index (χ1) is 9.34. The fourth-order valence-electron chi connectivity index (χ4n) is 2.29. The molecule has 0 aromatic carbocycles. The number of fused-ring (bicyclic) bond motifs is 1. The Labute approximate surface area is 109 Å². The van der Waals surface area contributed by atoms with Crippen LogP contribution in [0.5, 0.6) is 0 Å². The standard InChI is InChI=1S/C12H15N5O2/c18-12(13-6-5-10-14-7-15-16-10)11-8-3-1-2-4-9(8)19-17-11/h7H,1-6H2,(H,13,18)(H,14,15,16). The predicted molar refractivity (Wildman–Crippen MR) is 65.6 cm³/mol. The lowest BCUT2D eigenvalue weighted by Crippen LogP contribution is -2.27. The Morgan fingerprint density at radius 1 is 1.42 bits per heavy atom. The van der Waals surface area contributed by atoms with E-state index in [4.69, 9.17) is 4.52 Å². The van der Waals surface area contributed by atoms with Gasteiger partial charge in [-0.25, -0.2) is 4.98 Å². The molecule has 7 nitrogen and oxygen atoms in total. The zero-order valence-electron chi connectivity index (χ0n) is 10.5. The van der Waals surface area contributed by atoms with Crippen LogP contribution in [0.4, 0.5) is 0 Å². The van der Waals surface area contributed by atoms with E-state index in [2.05, 4.69) is 25.7 Å². The second-order valence-electron chi connectivity index (χ2n) is 4.58. The first-order valence-electron chi connectivity index (χ1n) is 6.44. The number of H-pyrrole nitrogens is 1. The molecule has 2 N–H and O–H groups in total. The van der Waals surface area contributed by atoms with Gasteiger partial charge in [0.25, 0.3) is 5.91 Å². The highest BCUT2D eigenvalue weighted by Gasteiger charge is 2.23. The molecule has 2 heterocycles. The molecule has 3 rings (SSSR count). The van der Waals surface area contributed by atoms with E-state index in [1.165, 1.54) is 6.33 Å². The molecule has 7 heteroatoms. The smallest absolute Gasteiger partial charge is 0.273 e. The highest BCUT2D eigenvalue weighted by molar-refractivity contribution is 5.93. The minimum Gasteiger partial charge on any atom is -0.360 e. The summed E-state index contributed by atoms with van der Waals surface area (Å²) >= 11 is 0. The fraction of sp³-hybridized carbons (Fsp3) is 0.500. The van der Waals surface area contributed by atoms with E-state index in [0.29, 0.717) is 18.7 Å². The van der Waals surface area contributed by atoms with E-state index in [1.807, 2.05) is 0 Å². The van der Waals surface area contributed by atoms with Crippen LogP contribution in [0.1, 0.15) is 40.5 Å². The maximum absolute atomic E-state index is 12.0. The van der Waals surface area contributed by atoms with Gasteiger partial charge in [-0.1, -0.05) is 5.16 Å². The zero-order chi connectivity index (χ0) is 13.1. The lowest BCUT2D eigenvalue weighted by Gasteiger charge is -2.09. The van der Waals surface area contributed by atoms with Crippen molar-refractivity contribution >= 4 is 5.91 Å². The van der Waals surface area contributed by atoms with Crippen LogP contribution in [0.25, 0.3) is 0 Å². The third-order valence-corrected chi connectivity index (χ3v) is 3.28. The second kappa shape index (κ2) is 5.21. The molecule has 0 spiro atoms. The van der Waals surface area contributed by atoms with Gasteiger partial charge in [0.1, 0.15) is 17.9 Å². The normalized spacial score (nSPS) is 14.1. The number of aryl methyl sites for hydroxylation is 1. The number of aromatic nitrogens is 4. The molecule has 0 saturated heterocycles. The summed E-state index contributed by atoms with van der Waals surface area (Å²) in [6.07, 6.45) is 6.02. The molecular formula is C12H15N5O2.